The van der Waals surface area contributed by atoms with Crippen LogP contribution in [0.4, 0.5) is 0 Å². The fourth-order valence-corrected chi connectivity index (χ4v) is 1.58. The standard InChI is InChI=1S/C10H19NO/c12-9-8-11-10-6-4-2-1-3-5-7-10/h4,6,10-12H,1-3,5,7-9H2/b6-4-. The van der Waals surface area contributed by atoms with Crippen molar-refractivity contribution in [1.82, 2.24) is 5.32 Å². The lowest BCUT2D eigenvalue weighted by Gasteiger charge is -2.15. The predicted octanol–water partition coefficient (Wildman–Crippen LogP) is 1.46. The monoisotopic (exact) mass is 169 g/mol. The van der Waals surface area contributed by atoms with Gasteiger partial charge in [-0.25, -0.2) is 0 Å². The number of aliphatic hydroxyl groups is 1. The maximum atomic E-state index is 8.64. The number of aliphatic hydroxyl groups excluding tert-OH is 1. The molecular formula is C10H19NO. The molecule has 0 bridgehead atoms. The fraction of sp³-hybridized carbons (Fsp3) is 0.800. The van der Waals surface area contributed by atoms with Gasteiger partial charge in [0, 0.05) is 12.6 Å². The molecule has 70 valence electrons. The van der Waals surface area contributed by atoms with Gasteiger partial charge >= 0.3 is 0 Å². The molecule has 12 heavy (non-hydrogen) atoms. The molecule has 1 rings (SSSR count). The van der Waals surface area contributed by atoms with Crippen molar-refractivity contribution in [3.8, 4) is 0 Å². The highest BCUT2D eigenvalue weighted by Gasteiger charge is 2.04. The third-order valence-corrected chi connectivity index (χ3v) is 2.27. The quantitative estimate of drug-likeness (QED) is 0.627. The Labute approximate surface area is 74.7 Å². The van der Waals surface area contributed by atoms with Gasteiger partial charge in [0.1, 0.15) is 0 Å². The van der Waals surface area contributed by atoms with Gasteiger partial charge in [-0.15, -0.1) is 0 Å². The second kappa shape index (κ2) is 6.21. The van der Waals surface area contributed by atoms with Gasteiger partial charge in [0.25, 0.3) is 0 Å². The maximum absolute atomic E-state index is 8.64. The van der Waals surface area contributed by atoms with E-state index < -0.39 is 0 Å². The van der Waals surface area contributed by atoms with E-state index in [4.69, 9.17) is 5.11 Å². The summed E-state index contributed by atoms with van der Waals surface area (Å²) in [5.74, 6) is 0. The van der Waals surface area contributed by atoms with Crippen LogP contribution < -0.4 is 5.32 Å². The first-order chi connectivity index (χ1) is 5.93. The van der Waals surface area contributed by atoms with Gasteiger partial charge in [-0.3, -0.25) is 0 Å². The summed E-state index contributed by atoms with van der Waals surface area (Å²) >= 11 is 0. The van der Waals surface area contributed by atoms with Crippen molar-refractivity contribution in [2.24, 2.45) is 0 Å². The zero-order chi connectivity index (χ0) is 8.65. The van der Waals surface area contributed by atoms with Gasteiger partial charge in [-0.1, -0.05) is 25.0 Å². The zero-order valence-corrected chi connectivity index (χ0v) is 7.63. The largest absolute Gasteiger partial charge is 0.395 e. The fourth-order valence-electron chi connectivity index (χ4n) is 1.58. The van der Waals surface area contributed by atoms with E-state index >= 15 is 0 Å². The first-order valence-corrected chi connectivity index (χ1v) is 4.94. The molecule has 0 spiro atoms. The summed E-state index contributed by atoms with van der Waals surface area (Å²) in [6.45, 7) is 0.958. The van der Waals surface area contributed by atoms with Gasteiger partial charge in [0.2, 0.25) is 0 Å². The van der Waals surface area contributed by atoms with Crippen molar-refractivity contribution in [2.75, 3.05) is 13.2 Å². The van der Waals surface area contributed by atoms with E-state index in [-0.39, 0.29) is 6.61 Å². The van der Waals surface area contributed by atoms with Gasteiger partial charge < -0.3 is 10.4 Å². The van der Waals surface area contributed by atoms with Crippen molar-refractivity contribution in [1.29, 1.82) is 0 Å². The van der Waals surface area contributed by atoms with E-state index in [9.17, 15) is 0 Å². The van der Waals surface area contributed by atoms with E-state index in [2.05, 4.69) is 17.5 Å². The van der Waals surface area contributed by atoms with Crippen molar-refractivity contribution in [3.05, 3.63) is 12.2 Å². The molecule has 0 radical (unpaired) electrons. The minimum absolute atomic E-state index is 0.240. The Bertz CT molecular complexity index is 134. The number of hydrogen-bond donors (Lipinski definition) is 2. The van der Waals surface area contributed by atoms with Crippen LogP contribution in [0, 0.1) is 0 Å². The van der Waals surface area contributed by atoms with E-state index in [1.807, 2.05) is 0 Å². The summed E-state index contributed by atoms with van der Waals surface area (Å²) in [6, 6.07) is 0.498. The highest BCUT2D eigenvalue weighted by Crippen LogP contribution is 2.11. The molecule has 0 aromatic heterocycles. The van der Waals surface area contributed by atoms with Gasteiger partial charge in [-0.05, 0) is 19.3 Å². The van der Waals surface area contributed by atoms with E-state index in [1.54, 1.807) is 0 Å². The van der Waals surface area contributed by atoms with E-state index in [1.165, 1.54) is 32.1 Å². The lowest BCUT2D eigenvalue weighted by atomic mass is 10.0. The molecule has 0 saturated heterocycles. The topological polar surface area (TPSA) is 32.3 Å². The van der Waals surface area contributed by atoms with Crippen LogP contribution in [0.3, 0.4) is 0 Å². The molecular weight excluding hydrogens is 150 g/mol. The Morgan fingerprint density at radius 2 is 2.25 bits per heavy atom. The second-order valence-electron chi connectivity index (χ2n) is 3.35. The molecule has 1 aliphatic rings. The Morgan fingerprint density at radius 1 is 1.33 bits per heavy atom. The lowest BCUT2D eigenvalue weighted by molar-refractivity contribution is 0.286. The van der Waals surface area contributed by atoms with Crippen molar-refractivity contribution in [3.63, 3.8) is 0 Å². The minimum atomic E-state index is 0.240. The normalized spacial score (nSPS) is 27.6. The highest BCUT2D eigenvalue weighted by atomic mass is 16.3. The van der Waals surface area contributed by atoms with Crippen LogP contribution in [0.15, 0.2) is 12.2 Å². The Balaban J connectivity index is 2.23. The molecule has 2 heteroatoms. The van der Waals surface area contributed by atoms with Crippen LogP contribution in [-0.4, -0.2) is 24.3 Å². The molecule has 0 heterocycles. The summed E-state index contributed by atoms with van der Waals surface area (Å²) in [4.78, 5) is 0. The van der Waals surface area contributed by atoms with Crippen LogP contribution in [-0.2, 0) is 0 Å². The molecule has 1 aliphatic carbocycles. The highest BCUT2D eigenvalue weighted by molar-refractivity contribution is 4.94. The second-order valence-corrected chi connectivity index (χ2v) is 3.35. The molecule has 0 aromatic carbocycles. The zero-order valence-electron chi connectivity index (χ0n) is 7.63. The molecule has 0 saturated carbocycles. The first kappa shape index (κ1) is 9.75. The molecule has 0 fully saturated rings. The smallest absolute Gasteiger partial charge is 0.0556 e. The number of allylic oxidation sites excluding steroid dienone is 1. The maximum Gasteiger partial charge on any atom is 0.0556 e. The predicted molar refractivity (Wildman–Crippen MR) is 51.1 cm³/mol. The minimum Gasteiger partial charge on any atom is -0.395 e. The molecule has 0 aromatic rings. The van der Waals surface area contributed by atoms with Crippen molar-refractivity contribution < 1.29 is 5.11 Å². The molecule has 0 aliphatic heterocycles. The first-order valence-electron chi connectivity index (χ1n) is 4.94. The summed E-state index contributed by atoms with van der Waals surface area (Å²) in [5.41, 5.74) is 0. The summed E-state index contributed by atoms with van der Waals surface area (Å²) in [5, 5.41) is 11.9. The molecule has 1 atom stereocenters. The molecule has 0 amide bonds. The number of hydrogen-bond acceptors (Lipinski definition) is 2. The number of rotatable bonds is 3. The SMILES string of the molecule is OCCNC1/C=C\CCCCC1. The van der Waals surface area contributed by atoms with Crippen LogP contribution in [0.2, 0.25) is 0 Å². The third-order valence-electron chi connectivity index (χ3n) is 2.27. The number of nitrogens with one attached hydrogen (secondary N) is 1. The third kappa shape index (κ3) is 3.88. The molecule has 1 unspecified atom stereocenters. The van der Waals surface area contributed by atoms with Gasteiger partial charge in [0.05, 0.1) is 6.61 Å². The van der Waals surface area contributed by atoms with Crippen molar-refractivity contribution >= 4 is 0 Å². The van der Waals surface area contributed by atoms with Crippen LogP contribution in [0.25, 0.3) is 0 Å². The molecule has 2 nitrogen and oxygen atoms in total. The Morgan fingerprint density at radius 3 is 3.08 bits per heavy atom. The van der Waals surface area contributed by atoms with Crippen LogP contribution in [0.1, 0.15) is 32.1 Å². The van der Waals surface area contributed by atoms with E-state index in [0.717, 1.165) is 6.54 Å². The average Bonchev–Trinajstić information content (AvgIpc) is 2.02. The van der Waals surface area contributed by atoms with Gasteiger partial charge in [-0.2, -0.15) is 0 Å². The van der Waals surface area contributed by atoms with E-state index in [0.29, 0.717) is 6.04 Å². The van der Waals surface area contributed by atoms with Gasteiger partial charge in [0.15, 0.2) is 0 Å². The summed E-state index contributed by atoms with van der Waals surface area (Å²) < 4.78 is 0. The van der Waals surface area contributed by atoms with Crippen LogP contribution in [0.5, 0.6) is 0 Å². The summed E-state index contributed by atoms with van der Waals surface area (Å²) in [7, 11) is 0. The van der Waals surface area contributed by atoms with Crippen molar-refractivity contribution in [2.45, 2.75) is 38.1 Å². The Hall–Kier alpha value is -0.340. The lowest BCUT2D eigenvalue weighted by Crippen LogP contribution is -2.30. The Kier molecular flexibility index (Phi) is 5.04. The van der Waals surface area contributed by atoms with Crippen LogP contribution >= 0.6 is 0 Å². The average molecular weight is 169 g/mol. The summed E-state index contributed by atoms with van der Waals surface area (Å²) in [6.07, 6.45) is 10.9. The molecule has 2 N–H and O–H groups in total.